The van der Waals surface area contributed by atoms with Crippen molar-refractivity contribution in [3.63, 3.8) is 0 Å². The molecular formula is C11H18O2. The van der Waals surface area contributed by atoms with Gasteiger partial charge in [0.05, 0.1) is 5.92 Å². The first-order valence-electron chi connectivity index (χ1n) is 4.82. The summed E-state index contributed by atoms with van der Waals surface area (Å²) in [5, 5.41) is 9.04. The van der Waals surface area contributed by atoms with E-state index in [0.717, 1.165) is 12.8 Å². The van der Waals surface area contributed by atoms with Crippen molar-refractivity contribution in [2.75, 3.05) is 0 Å². The van der Waals surface area contributed by atoms with Crippen molar-refractivity contribution in [2.24, 2.45) is 17.3 Å². The fourth-order valence-electron chi connectivity index (χ4n) is 2.00. The molecular weight excluding hydrogens is 164 g/mol. The second kappa shape index (κ2) is 3.52. The highest BCUT2D eigenvalue weighted by atomic mass is 16.4. The molecule has 1 aliphatic carbocycles. The van der Waals surface area contributed by atoms with E-state index in [4.69, 9.17) is 5.11 Å². The smallest absolute Gasteiger partial charge is 0.307 e. The maximum atomic E-state index is 11.0. The number of hydrogen-bond donors (Lipinski definition) is 1. The molecule has 0 fully saturated rings. The number of carbonyl (C=O) groups is 1. The topological polar surface area (TPSA) is 37.3 Å². The summed E-state index contributed by atoms with van der Waals surface area (Å²) in [6.07, 6.45) is 5.87. The number of aliphatic carboxylic acids is 1. The fourth-order valence-corrected chi connectivity index (χ4v) is 2.00. The van der Waals surface area contributed by atoms with Crippen molar-refractivity contribution in [1.82, 2.24) is 0 Å². The van der Waals surface area contributed by atoms with E-state index in [2.05, 4.69) is 32.9 Å². The maximum absolute atomic E-state index is 11.0. The third-order valence-electron chi connectivity index (χ3n) is 2.74. The van der Waals surface area contributed by atoms with Gasteiger partial charge in [0.15, 0.2) is 0 Å². The number of carboxylic acid groups (broad SMARTS) is 1. The van der Waals surface area contributed by atoms with Gasteiger partial charge in [0, 0.05) is 0 Å². The number of carboxylic acids is 1. The Bertz CT molecular complexity index is 223. The third kappa shape index (κ3) is 2.33. The lowest BCUT2D eigenvalue weighted by atomic mass is 9.69. The summed E-state index contributed by atoms with van der Waals surface area (Å²) >= 11 is 0. The molecule has 2 atom stereocenters. The van der Waals surface area contributed by atoms with Crippen LogP contribution in [-0.4, -0.2) is 11.1 Å². The SMILES string of the molecule is CC(C)(C)C1C=CCCC1C(=O)O. The van der Waals surface area contributed by atoms with Crippen molar-refractivity contribution >= 4 is 5.97 Å². The minimum Gasteiger partial charge on any atom is -0.481 e. The fraction of sp³-hybridized carbons (Fsp3) is 0.727. The Morgan fingerprint density at radius 3 is 2.46 bits per heavy atom. The Balaban J connectivity index is 2.84. The van der Waals surface area contributed by atoms with E-state index in [-0.39, 0.29) is 17.3 Å². The zero-order chi connectivity index (χ0) is 10.1. The van der Waals surface area contributed by atoms with Gasteiger partial charge in [0.25, 0.3) is 0 Å². The van der Waals surface area contributed by atoms with Gasteiger partial charge in [0.1, 0.15) is 0 Å². The van der Waals surface area contributed by atoms with E-state index >= 15 is 0 Å². The van der Waals surface area contributed by atoms with Gasteiger partial charge in [0.2, 0.25) is 0 Å². The first-order valence-corrected chi connectivity index (χ1v) is 4.82. The molecule has 0 aromatic heterocycles. The molecule has 0 aromatic carbocycles. The van der Waals surface area contributed by atoms with Crippen molar-refractivity contribution in [2.45, 2.75) is 33.6 Å². The maximum Gasteiger partial charge on any atom is 0.307 e. The average Bonchev–Trinajstić information content (AvgIpc) is 2.03. The van der Waals surface area contributed by atoms with E-state index in [9.17, 15) is 4.79 Å². The summed E-state index contributed by atoms with van der Waals surface area (Å²) < 4.78 is 0. The van der Waals surface area contributed by atoms with Gasteiger partial charge < -0.3 is 5.11 Å². The molecule has 0 aliphatic heterocycles. The van der Waals surface area contributed by atoms with Crippen molar-refractivity contribution in [3.8, 4) is 0 Å². The van der Waals surface area contributed by atoms with Crippen LogP contribution in [-0.2, 0) is 4.79 Å². The molecule has 0 bridgehead atoms. The van der Waals surface area contributed by atoms with Gasteiger partial charge >= 0.3 is 5.97 Å². The van der Waals surface area contributed by atoms with Crippen LogP contribution in [0.3, 0.4) is 0 Å². The number of allylic oxidation sites excluding steroid dienone is 2. The Labute approximate surface area is 79.6 Å². The van der Waals surface area contributed by atoms with Crippen LogP contribution in [0.5, 0.6) is 0 Å². The quantitative estimate of drug-likeness (QED) is 0.633. The van der Waals surface area contributed by atoms with Gasteiger partial charge in [-0.15, -0.1) is 0 Å². The molecule has 2 nitrogen and oxygen atoms in total. The molecule has 0 heterocycles. The van der Waals surface area contributed by atoms with Gasteiger partial charge in [-0.25, -0.2) is 0 Å². The molecule has 2 heteroatoms. The molecule has 0 aromatic rings. The lowest BCUT2D eigenvalue weighted by Crippen LogP contribution is -2.33. The minimum atomic E-state index is -0.649. The largest absolute Gasteiger partial charge is 0.481 e. The van der Waals surface area contributed by atoms with E-state index in [1.54, 1.807) is 0 Å². The summed E-state index contributed by atoms with van der Waals surface area (Å²) in [5.41, 5.74) is 0.0555. The zero-order valence-corrected chi connectivity index (χ0v) is 8.58. The van der Waals surface area contributed by atoms with Gasteiger partial charge in [-0.3, -0.25) is 4.79 Å². The zero-order valence-electron chi connectivity index (χ0n) is 8.58. The second-order valence-electron chi connectivity index (χ2n) is 4.84. The molecule has 0 saturated carbocycles. The summed E-state index contributed by atoms with van der Waals surface area (Å²) in [6, 6.07) is 0. The predicted molar refractivity (Wildman–Crippen MR) is 52.4 cm³/mol. The van der Waals surface area contributed by atoms with Crippen LogP contribution in [0.25, 0.3) is 0 Å². The standard InChI is InChI=1S/C11H18O2/c1-11(2,3)9-7-5-4-6-8(9)10(12)13/h5,7-9H,4,6H2,1-3H3,(H,12,13). The Morgan fingerprint density at radius 2 is 2.08 bits per heavy atom. The molecule has 1 aliphatic rings. The monoisotopic (exact) mass is 182 g/mol. The van der Waals surface area contributed by atoms with Gasteiger partial charge in [-0.05, 0) is 24.2 Å². The van der Waals surface area contributed by atoms with Crippen LogP contribution in [0.4, 0.5) is 0 Å². The van der Waals surface area contributed by atoms with Crippen LogP contribution < -0.4 is 0 Å². The van der Waals surface area contributed by atoms with Crippen LogP contribution in [0, 0.1) is 17.3 Å². The molecule has 13 heavy (non-hydrogen) atoms. The molecule has 1 rings (SSSR count). The second-order valence-corrected chi connectivity index (χ2v) is 4.84. The van der Waals surface area contributed by atoms with E-state index in [0.29, 0.717) is 0 Å². The summed E-state index contributed by atoms with van der Waals surface area (Å²) in [6.45, 7) is 6.30. The summed E-state index contributed by atoms with van der Waals surface area (Å²) in [7, 11) is 0. The van der Waals surface area contributed by atoms with Crippen molar-refractivity contribution in [3.05, 3.63) is 12.2 Å². The first kappa shape index (κ1) is 10.3. The van der Waals surface area contributed by atoms with Gasteiger partial charge in [-0.1, -0.05) is 32.9 Å². The summed E-state index contributed by atoms with van der Waals surface area (Å²) in [5.74, 6) is -0.659. The molecule has 0 saturated heterocycles. The highest BCUT2D eigenvalue weighted by Gasteiger charge is 2.35. The number of rotatable bonds is 1. The molecule has 0 amide bonds. The highest BCUT2D eigenvalue weighted by molar-refractivity contribution is 5.71. The predicted octanol–water partition coefficient (Wildman–Crippen LogP) is 2.70. The summed E-state index contributed by atoms with van der Waals surface area (Å²) in [4.78, 5) is 11.0. The van der Waals surface area contributed by atoms with E-state index in [1.807, 2.05) is 0 Å². The van der Waals surface area contributed by atoms with Crippen molar-refractivity contribution < 1.29 is 9.90 Å². The molecule has 0 radical (unpaired) electrons. The Hall–Kier alpha value is -0.790. The third-order valence-corrected chi connectivity index (χ3v) is 2.74. The molecule has 74 valence electrons. The minimum absolute atomic E-state index is 0.0555. The van der Waals surface area contributed by atoms with Gasteiger partial charge in [-0.2, -0.15) is 0 Å². The van der Waals surface area contributed by atoms with Crippen LogP contribution >= 0.6 is 0 Å². The highest BCUT2D eigenvalue weighted by Crippen LogP contribution is 2.38. The van der Waals surface area contributed by atoms with E-state index < -0.39 is 5.97 Å². The molecule has 2 unspecified atom stereocenters. The molecule has 1 N–H and O–H groups in total. The lowest BCUT2D eigenvalue weighted by Gasteiger charge is -2.35. The average molecular weight is 182 g/mol. The van der Waals surface area contributed by atoms with Crippen molar-refractivity contribution in [1.29, 1.82) is 0 Å². The lowest BCUT2D eigenvalue weighted by molar-refractivity contribution is -0.144. The first-order chi connectivity index (χ1) is 5.93. The van der Waals surface area contributed by atoms with Crippen LogP contribution in [0.15, 0.2) is 12.2 Å². The normalized spacial score (nSPS) is 28.8. The van der Waals surface area contributed by atoms with Crippen LogP contribution in [0.1, 0.15) is 33.6 Å². The molecule has 0 spiro atoms. The Morgan fingerprint density at radius 1 is 1.46 bits per heavy atom. The van der Waals surface area contributed by atoms with Crippen LogP contribution in [0.2, 0.25) is 0 Å². The Kier molecular flexibility index (Phi) is 2.79. The van der Waals surface area contributed by atoms with E-state index in [1.165, 1.54) is 0 Å². The number of hydrogen-bond acceptors (Lipinski definition) is 1.